The molecule has 3 heterocycles. The molecular formula is C44H42N2O15. The van der Waals surface area contributed by atoms with Gasteiger partial charge in [-0.3, -0.25) is 0 Å². The minimum atomic E-state index is -1.30. The predicted octanol–water partition coefficient (Wildman–Crippen LogP) is 6.70. The lowest BCUT2D eigenvalue weighted by atomic mass is 10.0. The highest BCUT2D eigenvalue weighted by atomic mass is 16.5. The van der Waals surface area contributed by atoms with Gasteiger partial charge in [0, 0.05) is 72.9 Å². The normalized spacial score (nSPS) is 14.7. The number of benzene rings is 4. The van der Waals surface area contributed by atoms with Gasteiger partial charge in [-0.05, 0) is 48.5 Å². The van der Waals surface area contributed by atoms with E-state index >= 15 is 0 Å². The van der Waals surface area contributed by atoms with Crippen LogP contribution in [0.3, 0.4) is 0 Å². The van der Waals surface area contributed by atoms with Crippen LogP contribution in [0.5, 0.6) is 11.5 Å². The molecule has 1 saturated heterocycles. The quantitative estimate of drug-likeness (QED) is 0.112. The third-order valence-corrected chi connectivity index (χ3v) is 10.3. The highest BCUT2D eigenvalue weighted by molar-refractivity contribution is 6.02. The molecule has 2 aromatic heterocycles. The number of rotatable bonds is 10. The number of hydrogen-bond donors (Lipinski definition) is 4. The third kappa shape index (κ3) is 9.23. The van der Waals surface area contributed by atoms with Gasteiger partial charge in [0.15, 0.2) is 0 Å². The summed E-state index contributed by atoms with van der Waals surface area (Å²) in [6, 6.07) is 18.3. The van der Waals surface area contributed by atoms with Crippen LogP contribution in [-0.2, 0) is 14.2 Å². The Morgan fingerprint density at radius 3 is 1.21 bits per heavy atom. The summed E-state index contributed by atoms with van der Waals surface area (Å²) in [4.78, 5) is 51.4. The average molecular weight is 839 g/mol. The second-order valence-corrected chi connectivity index (χ2v) is 13.9. The lowest BCUT2D eigenvalue weighted by Crippen LogP contribution is -2.33. The first-order chi connectivity index (χ1) is 29.4. The SMILES string of the molecule is COc1cc(N2CCOCCOCCN(c3cc(OC)c4cc(-c5ccc(C(=O)O)cc5C(=O)O)oc4c3)CCOCC2)cc2oc(-c3ccc(C(=O)O)cc3C(=O)O)cc12. The van der Waals surface area contributed by atoms with Crippen LogP contribution in [0.25, 0.3) is 44.6 Å². The highest BCUT2D eigenvalue weighted by Crippen LogP contribution is 2.40. The Labute approximate surface area is 347 Å². The Kier molecular flexibility index (Phi) is 12.7. The topological polar surface area (TPSA) is 228 Å². The van der Waals surface area contributed by atoms with Crippen molar-refractivity contribution in [1.29, 1.82) is 0 Å². The number of furan rings is 2. The van der Waals surface area contributed by atoms with Gasteiger partial charge in [-0.15, -0.1) is 0 Å². The maximum Gasteiger partial charge on any atom is 0.336 e. The van der Waals surface area contributed by atoms with E-state index in [1.54, 1.807) is 12.1 Å². The summed E-state index contributed by atoms with van der Waals surface area (Å²) < 4.78 is 41.9. The molecular weight excluding hydrogens is 796 g/mol. The van der Waals surface area contributed by atoms with Gasteiger partial charge in [-0.25, -0.2) is 19.2 Å². The maximum absolute atomic E-state index is 12.1. The molecule has 17 nitrogen and oxygen atoms in total. The van der Waals surface area contributed by atoms with Crippen molar-refractivity contribution in [2.24, 2.45) is 0 Å². The summed E-state index contributed by atoms with van der Waals surface area (Å²) in [5, 5.41) is 39.8. The van der Waals surface area contributed by atoms with Crippen molar-refractivity contribution in [3.8, 4) is 34.1 Å². The van der Waals surface area contributed by atoms with Gasteiger partial charge in [0.05, 0.1) is 86.9 Å². The van der Waals surface area contributed by atoms with Crippen LogP contribution in [0.2, 0.25) is 0 Å². The van der Waals surface area contributed by atoms with Crippen molar-refractivity contribution >= 4 is 57.2 Å². The van der Waals surface area contributed by atoms with Gasteiger partial charge in [-0.2, -0.15) is 0 Å². The van der Waals surface area contributed by atoms with Crippen molar-refractivity contribution in [3.05, 3.63) is 95.1 Å². The van der Waals surface area contributed by atoms with E-state index in [-0.39, 0.29) is 44.9 Å². The number of nitrogens with zero attached hydrogens (tertiary/aromatic N) is 2. The van der Waals surface area contributed by atoms with E-state index in [1.165, 1.54) is 38.5 Å². The lowest BCUT2D eigenvalue weighted by molar-refractivity contribution is 0.0530. The van der Waals surface area contributed by atoms with Crippen LogP contribution in [-0.4, -0.2) is 124 Å². The maximum atomic E-state index is 12.1. The first-order valence-electron chi connectivity index (χ1n) is 19.1. The predicted molar refractivity (Wildman–Crippen MR) is 221 cm³/mol. The smallest absolute Gasteiger partial charge is 0.336 e. The number of ether oxygens (including phenoxy) is 5. The minimum Gasteiger partial charge on any atom is -0.496 e. The van der Waals surface area contributed by atoms with Crippen LogP contribution in [0.4, 0.5) is 11.4 Å². The van der Waals surface area contributed by atoms with E-state index in [4.69, 9.17) is 32.5 Å². The minimum absolute atomic E-state index is 0.161. The highest BCUT2D eigenvalue weighted by Gasteiger charge is 2.23. The summed E-state index contributed by atoms with van der Waals surface area (Å²) in [6.45, 7) is 4.01. The third-order valence-electron chi connectivity index (χ3n) is 10.3. The molecule has 318 valence electrons. The Balaban J connectivity index is 1.11. The fourth-order valence-electron chi connectivity index (χ4n) is 7.16. The van der Waals surface area contributed by atoms with E-state index in [2.05, 4.69) is 9.80 Å². The van der Waals surface area contributed by atoms with Gasteiger partial charge in [0.1, 0.15) is 34.2 Å². The molecule has 61 heavy (non-hydrogen) atoms. The van der Waals surface area contributed by atoms with Crippen molar-refractivity contribution in [3.63, 3.8) is 0 Å². The first-order valence-corrected chi connectivity index (χ1v) is 19.1. The number of aromatic carboxylic acids is 4. The summed E-state index contributed by atoms with van der Waals surface area (Å²) in [5.74, 6) is -3.65. The average Bonchev–Trinajstić information content (AvgIpc) is 3.89. The Hall–Kier alpha value is -7.08. The Bertz CT molecular complexity index is 2430. The van der Waals surface area contributed by atoms with Gasteiger partial charge < -0.3 is 62.7 Å². The van der Waals surface area contributed by atoms with Gasteiger partial charge in [0.25, 0.3) is 0 Å². The lowest BCUT2D eigenvalue weighted by Gasteiger charge is -2.26. The summed E-state index contributed by atoms with van der Waals surface area (Å²) >= 11 is 0. The number of carboxylic acid groups (broad SMARTS) is 4. The monoisotopic (exact) mass is 838 g/mol. The van der Waals surface area contributed by atoms with Gasteiger partial charge in [0.2, 0.25) is 0 Å². The standard InChI is InChI=1S/C44H42N2O15/c1-55-35-19-27(21-37-33(35)23-39(60-37)29-5-3-25(41(47)48)17-31(29)43(51)52)45-7-11-57-12-8-46(10-14-59-16-15-58-13-9-45)28-20-36(56-2)34-24-40(61-38(34)22-28)30-6-4-26(42(49)50)18-32(30)44(53)54/h3-6,17-24H,7-16H2,1-2H3,(H,47,48)(H,49,50)(H,51,52)(H,53,54). The fraction of sp³-hybridized carbons (Fsp3) is 0.273. The van der Waals surface area contributed by atoms with Gasteiger partial charge in [-0.1, -0.05) is 0 Å². The summed E-state index contributed by atoms with van der Waals surface area (Å²) in [6.07, 6.45) is 0. The van der Waals surface area contributed by atoms with E-state index in [9.17, 15) is 39.6 Å². The molecule has 4 aromatic carbocycles. The van der Waals surface area contributed by atoms with E-state index in [0.29, 0.717) is 99.3 Å². The van der Waals surface area contributed by atoms with Crippen molar-refractivity contribution in [2.75, 3.05) is 89.8 Å². The van der Waals surface area contributed by atoms with E-state index in [0.717, 1.165) is 23.5 Å². The molecule has 17 heteroatoms. The number of carbonyl (C=O) groups is 4. The molecule has 0 spiro atoms. The molecule has 0 radical (unpaired) electrons. The van der Waals surface area contributed by atoms with Crippen molar-refractivity contribution < 1.29 is 72.1 Å². The number of fused-ring (bicyclic) bond motifs is 2. The van der Waals surface area contributed by atoms with Crippen molar-refractivity contribution in [2.45, 2.75) is 0 Å². The largest absolute Gasteiger partial charge is 0.496 e. The van der Waals surface area contributed by atoms with E-state index < -0.39 is 23.9 Å². The second kappa shape index (κ2) is 18.5. The summed E-state index contributed by atoms with van der Waals surface area (Å²) in [7, 11) is 3.04. The molecule has 0 atom stereocenters. The molecule has 0 bridgehead atoms. The molecule has 0 saturated carbocycles. The van der Waals surface area contributed by atoms with Crippen LogP contribution < -0.4 is 19.3 Å². The number of hydrogen-bond acceptors (Lipinski definition) is 13. The zero-order valence-electron chi connectivity index (χ0n) is 33.2. The Morgan fingerprint density at radius 1 is 0.492 bits per heavy atom. The van der Waals surface area contributed by atoms with Crippen molar-refractivity contribution in [1.82, 2.24) is 0 Å². The fourth-order valence-corrected chi connectivity index (χ4v) is 7.16. The number of anilines is 2. The molecule has 0 unspecified atom stereocenters. The number of methoxy groups -OCH3 is 2. The molecule has 1 aliphatic heterocycles. The molecule has 1 aliphatic rings. The molecule has 0 amide bonds. The van der Waals surface area contributed by atoms with Crippen LogP contribution >= 0.6 is 0 Å². The molecule has 0 aliphatic carbocycles. The van der Waals surface area contributed by atoms with E-state index in [1.807, 2.05) is 24.3 Å². The first kappa shape index (κ1) is 42.1. The molecule has 7 rings (SSSR count). The van der Waals surface area contributed by atoms with Crippen LogP contribution in [0, 0.1) is 0 Å². The zero-order valence-corrected chi connectivity index (χ0v) is 33.2. The summed E-state index contributed by atoms with van der Waals surface area (Å²) in [5.41, 5.74) is 2.03. The molecule has 4 N–H and O–H groups in total. The van der Waals surface area contributed by atoms with Gasteiger partial charge >= 0.3 is 23.9 Å². The number of carboxylic acids is 4. The zero-order chi connectivity index (χ0) is 43.2. The van der Waals surface area contributed by atoms with Crippen LogP contribution in [0.15, 0.2) is 81.6 Å². The molecule has 6 aromatic rings. The second-order valence-electron chi connectivity index (χ2n) is 13.9. The Morgan fingerprint density at radius 2 is 0.869 bits per heavy atom. The van der Waals surface area contributed by atoms with Crippen LogP contribution in [0.1, 0.15) is 41.4 Å². The molecule has 1 fully saturated rings.